The second kappa shape index (κ2) is 6.61. The van der Waals surface area contributed by atoms with Gasteiger partial charge in [-0.05, 0) is 38.1 Å². The Bertz CT molecular complexity index is 496. The lowest BCUT2D eigenvalue weighted by molar-refractivity contribution is -0.125. The van der Waals surface area contributed by atoms with E-state index in [1.807, 2.05) is 4.90 Å². The van der Waals surface area contributed by atoms with Crippen molar-refractivity contribution < 1.29 is 14.0 Å². The number of ketones is 1. The van der Waals surface area contributed by atoms with E-state index in [1.54, 1.807) is 19.2 Å². The van der Waals surface area contributed by atoms with Gasteiger partial charge in [0.25, 0.3) is 0 Å². The van der Waals surface area contributed by atoms with Crippen molar-refractivity contribution in [1.29, 1.82) is 0 Å². The number of hydrogen-bond donors (Lipinski definition) is 1. The first kappa shape index (κ1) is 14.7. The monoisotopic (exact) mass is 278 g/mol. The predicted octanol–water partition coefficient (Wildman–Crippen LogP) is 1.47. The van der Waals surface area contributed by atoms with Gasteiger partial charge in [-0.1, -0.05) is 12.1 Å². The molecule has 0 spiro atoms. The van der Waals surface area contributed by atoms with Crippen LogP contribution in [0.3, 0.4) is 0 Å². The van der Waals surface area contributed by atoms with Gasteiger partial charge in [-0.15, -0.1) is 0 Å². The van der Waals surface area contributed by atoms with Gasteiger partial charge in [-0.2, -0.15) is 0 Å². The zero-order chi connectivity index (χ0) is 14.5. The zero-order valence-electron chi connectivity index (χ0n) is 11.6. The number of hydrogen-bond acceptors (Lipinski definition) is 3. The van der Waals surface area contributed by atoms with Crippen LogP contribution in [0.25, 0.3) is 0 Å². The van der Waals surface area contributed by atoms with Crippen molar-refractivity contribution in [3.05, 3.63) is 35.6 Å². The van der Waals surface area contributed by atoms with Crippen LogP contribution in [0, 0.1) is 11.7 Å². The van der Waals surface area contributed by atoms with E-state index < -0.39 is 5.82 Å². The molecule has 1 fully saturated rings. The molecule has 0 bridgehead atoms. The minimum atomic E-state index is -0.394. The number of rotatable bonds is 4. The van der Waals surface area contributed by atoms with Gasteiger partial charge in [-0.3, -0.25) is 14.5 Å². The third-order valence-corrected chi connectivity index (χ3v) is 3.72. The second-order valence-electron chi connectivity index (χ2n) is 5.10. The number of nitrogens with zero attached hydrogens (tertiary/aromatic N) is 1. The lowest BCUT2D eigenvalue weighted by atomic mass is 9.95. The highest BCUT2D eigenvalue weighted by Gasteiger charge is 2.25. The molecule has 0 atom stereocenters. The summed E-state index contributed by atoms with van der Waals surface area (Å²) in [5.74, 6) is -0.362. The highest BCUT2D eigenvalue weighted by Crippen LogP contribution is 2.17. The molecule has 1 aliphatic rings. The number of benzene rings is 1. The molecule has 2 rings (SSSR count). The Labute approximate surface area is 118 Å². The SMILES string of the molecule is CNC(=O)C1CCN(CC(=O)c2cccc(F)c2)CC1. The highest BCUT2D eigenvalue weighted by molar-refractivity contribution is 5.97. The molecule has 0 aromatic heterocycles. The van der Waals surface area contributed by atoms with E-state index in [1.165, 1.54) is 12.1 Å². The zero-order valence-corrected chi connectivity index (χ0v) is 11.6. The first-order valence-corrected chi connectivity index (χ1v) is 6.83. The van der Waals surface area contributed by atoms with Gasteiger partial charge < -0.3 is 5.32 Å². The molecule has 20 heavy (non-hydrogen) atoms. The van der Waals surface area contributed by atoms with Gasteiger partial charge in [0.15, 0.2) is 5.78 Å². The number of Topliss-reactive ketones (excluding diaryl/α,β-unsaturated/α-hetero) is 1. The van der Waals surface area contributed by atoms with Crippen molar-refractivity contribution in [2.45, 2.75) is 12.8 Å². The average molecular weight is 278 g/mol. The van der Waals surface area contributed by atoms with Crippen LogP contribution in [0.2, 0.25) is 0 Å². The highest BCUT2D eigenvalue weighted by atomic mass is 19.1. The molecule has 1 aliphatic heterocycles. The molecule has 5 heteroatoms. The number of carbonyl (C=O) groups excluding carboxylic acids is 2. The number of carbonyl (C=O) groups is 2. The Balaban J connectivity index is 1.86. The van der Waals surface area contributed by atoms with Crippen molar-refractivity contribution in [3.63, 3.8) is 0 Å². The van der Waals surface area contributed by atoms with Crippen molar-refractivity contribution in [3.8, 4) is 0 Å². The molecule has 1 aromatic carbocycles. The van der Waals surface area contributed by atoms with Crippen LogP contribution in [-0.2, 0) is 4.79 Å². The number of amides is 1. The molecule has 0 unspecified atom stereocenters. The molecule has 0 radical (unpaired) electrons. The molecule has 1 amide bonds. The summed E-state index contributed by atoms with van der Waals surface area (Å²) in [5, 5.41) is 2.66. The molecule has 1 heterocycles. The number of likely N-dealkylation sites (tertiary alicyclic amines) is 1. The van der Waals surface area contributed by atoms with Crippen molar-refractivity contribution in [1.82, 2.24) is 10.2 Å². The molecule has 1 N–H and O–H groups in total. The smallest absolute Gasteiger partial charge is 0.222 e. The van der Waals surface area contributed by atoms with Gasteiger partial charge in [0.1, 0.15) is 5.82 Å². The minimum Gasteiger partial charge on any atom is -0.359 e. The van der Waals surface area contributed by atoms with Gasteiger partial charge in [0.2, 0.25) is 5.91 Å². The summed E-state index contributed by atoms with van der Waals surface area (Å²) in [4.78, 5) is 25.6. The van der Waals surface area contributed by atoms with E-state index in [4.69, 9.17) is 0 Å². The van der Waals surface area contributed by atoms with Crippen LogP contribution in [0.5, 0.6) is 0 Å². The Morgan fingerprint density at radius 2 is 2.05 bits per heavy atom. The molecule has 1 aromatic rings. The Kier molecular flexibility index (Phi) is 4.84. The summed E-state index contributed by atoms with van der Waals surface area (Å²) in [6.45, 7) is 1.72. The normalized spacial score (nSPS) is 16.9. The molecular weight excluding hydrogens is 259 g/mol. The molecule has 108 valence electrons. The summed E-state index contributed by atoms with van der Waals surface area (Å²) in [6.07, 6.45) is 1.52. The fourth-order valence-corrected chi connectivity index (χ4v) is 2.51. The van der Waals surface area contributed by atoms with Crippen molar-refractivity contribution in [2.75, 3.05) is 26.7 Å². The Morgan fingerprint density at radius 3 is 2.65 bits per heavy atom. The largest absolute Gasteiger partial charge is 0.359 e. The minimum absolute atomic E-state index is 0.0421. The van der Waals surface area contributed by atoms with Gasteiger partial charge in [0, 0.05) is 18.5 Å². The summed E-state index contributed by atoms with van der Waals surface area (Å²) in [6, 6.07) is 5.76. The standard InChI is InChI=1S/C15H19FN2O2/c1-17-15(20)11-5-7-18(8-6-11)10-14(19)12-3-2-4-13(16)9-12/h2-4,9,11H,5-8,10H2,1H3,(H,17,20). The Hall–Kier alpha value is -1.75. The van der Waals surface area contributed by atoms with Crippen LogP contribution in [0.15, 0.2) is 24.3 Å². The lowest BCUT2D eigenvalue weighted by Gasteiger charge is -2.30. The van der Waals surface area contributed by atoms with E-state index in [-0.39, 0.29) is 24.2 Å². The molecule has 0 aliphatic carbocycles. The summed E-state index contributed by atoms with van der Waals surface area (Å²) >= 11 is 0. The fraction of sp³-hybridized carbons (Fsp3) is 0.467. The average Bonchev–Trinajstić information content (AvgIpc) is 2.47. The maximum absolute atomic E-state index is 13.1. The molecule has 0 saturated carbocycles. The maximum Gasteiger partial charge on any atom is 0.222 e. The van der Waals surface area contributed by atoms with Crippen molar-refractivity contribution in [2.24, 2.45) is 5.92 Å². The maximum atomic E-state index is 13.1. The Morgan fingerprint density at radius 1 is 1.35 bits per heavy atom. The van der Waals surface area contributed by atoms with Crippen LogP contribution in [0.4, 0.5) is 4.39 Å². The van der Waals surface area contributed by atoms with Gasteiger partial charge >= 0.3 is 0 Å². The number of halogens is 1. The van der Waals surface area contributed by atoms with Crippen LogP contribution in [-0.4, -0.2) is 43.3 Å². The summed E-state index contributed by atoms with van der Waals surface area (Å²) in [5.41, 5.74) is 0.401. The van der Waals surface area contributed by atoms with E-state index in [9.17, 15) is 14.0 Å². The fourth-order valence-electron chi connectivity index (χ4n) is 2.51. The van der Waals surface area contributed by atoms with E-state index in [2.05, 4.69) is 5.32 Å². The summed E-state index contributed by atoms with van der Waals surface area (Å²) < 4.78 is 13.1. The van der Waals surface area contributed by atoms with Crippen LogP contribution >= 0.6 is 0 Å². The molecule has 1 saturated heterocycles. The number of nitrogens with one attached hydrogen (secondary N) is 1. The predicted molar refractivity (Wildman–Crippen MR) is 74.0 cm³/mol. The molecular formula is C15H19FN2O2. The first-order valence-electron chi connectivity index (χ1n) is 6.83. The van der Waals surface area contributed by atoms with Gasteiger partial charge in [-0.25, -0.2) is 4.39 Å². The second-order valence-corrected chi connectivity index (χ2v) is 5.10. The topological polar surface area (TPSA) is 49.4 Å². The quantitative estimate of drug-likeness (QED) is 0.848. The van der Waals surface area contributed by atoms with E-state index >= 15 is 0 Å². The van der Waals surface area contributed by atoms with E-state index in [0.29, 0.717) is 5.56 Å². The van der Waals surface area contributed by atoms with Crippen molar-refractivity contribution >= 4 is 11.7 Å². The van der Waals surface area contributed by atoms with Crippen LogP contribution in [0.1, 0.15) is 23.2 Å². The lowest BCUT2D eigenvalue weighted by Crippen LogP contribution is -2.41. The third kappa shape index (κ3) is 3.63. The van der Waals surface area contributed by atoms with Crippen LogP contribution < -0.4 is 5.32 Å². The van der Waals surface area contributed by atoms with E-state index in [0.717, 1.165) is 25.9 Å². The molecule has 4 nitrogen and oxygen atoms in total. The third-order valence-electron chi connectivity index (χ3n) is 3.72. The van der Waals surface area contributed by atoms with Gasteiger partial charge in [0.05, 0.1) is 6.54 Å². The summed E-state index contributed by atoms with van der Waals surface area (Å²) in [7, 11) is 1.64. The first-order chi connectivity index (χ1) is 9.60. The number of piperidine rings is 1.